The topological polar surface area (TPSA) is 46.1 Å². The predicted molar refractivity (Wildman–Crippen MR) is 85.8 cm³/mol. The van der Waals surface area contributed by atoms with Gasteiger partial charge in [0.2, 0.25) is 0 Å². The van der Waals surface area contributed by atoms with Gasteiger partial charge in [-0.1, -0.05) is 17.7 Å². The zero-order chi connectivity index (χ0) is 16.6. The van der Waals surface area contributed by atoms with E-state index in [0.29, 0.717) is 22.1 Å². The van der Waals surface area contributed by atoms with Crippen LogP contribution in [0.3, 0.4) is 0 Å². The molecule has 1 aliphatic rings. The highest BCUT2D eigenvalue weighted by Gasteiger charge is 2.34. The number of hydrogen-bond acceptors (Lipinski definition) is 3. The van der Waals surface area contributed by atoms with Crippen molar-refractivity contribution in [2.24, 2.45) is 0 Å². The first-order chi connectivity index (χ1) is 11.0. The first-order valence-corrected chi connectivity index (χ1v) is 7.89. The van der Waals surface area contributed by atoms with Gasteiger partial charge in [0.25, 0.3) is 5.91 Å². The Morgan fingerprint density at radius 2 is 2.09 bits per heavy atom. The maximum Gasteiger partial charge on any atom is 0.273 e. The lowest BCUT2D eigenvalue weighted by Gasteiger charge is -2.23. The maximum absolute atomic E-state index is 14.0. The molecule has 1 fully saturated rings. The zero-order valence-electron chi connectivity index (χ0n) is 13.0. The summed E-state index contributed by atoms with van der Waals surface area (Å²) < 4.78 is 14.0. The molecule has 3 rings (SSSR count). The van der Waals surface area contributed by atoms with E-state index >= 15 is 0 Å². The molecule has 1 heterocycles. The lowest BCUT2D eigenvalue weighted by molar-refractivity contribution is 0.0721. The van der Waals surface area contributed by atoms with E-state index in [4.69, 9.17) is 11.6 Å². The Bertz CT molecular complexity index is 721. The molecule has 0 bridgehead atoms. The molecule has 23 heavy (non-hydrogen) atoms. The van der Waals surface area contributed by atoms with Crippen molar-refractivity contribution in [1.82, 2.24) is 14.9 Å². The van der Waals surface area contributed by atoms with E-state index in [9.17, 15) is 9.18 Å². The highest BCUT2D eigenvalue weighted by molar-refractivity contribution is 6.31. The first kappa shape index (κ1) is 15.9. The van der Waals surface area contributed by atoms with Crippen LogP contribution in [0, 0.1) is 19.7 Å². The molecule has 2 aromatic rings. The van der Waals surface area contributed by atoms with E-state index < -0.39 is 5.82 Å². The summed E-state index contributed by atoms with van der Waals surface area (Å²) in [5.74, 6) is -0.0561. The summed E-state index contributed by atoms with van der Waals surface area (Å²) in [5.41, 5.74) is 1.42. The van der Waals surface area contributed by atoms with Crippen LogP contribution >= 0.6 is 11.6 Å². The zero-order valence-corrected chi connectivity index (χ0v) is 13.8. The lowest BCUT2D eigenvalue weighted by Crippen LogP contribution is -2.34. The van der Waals surface area contributed by atoms with Gasteiger partial charge < -0.3 is 4.90 Å². The van der Waals surface area contributed by atoms with Crippen molar-refractivity contribution >= 4 is 17.5 Å². The van der Waals surface area contributed by atoms with Crippen LogP contribution in [0.4, 0.5) is 4.39 Å². The minimum atomic E-state index is -0.397. The molecule has 1 saturated carbocycles. The molecule has 1 aliphatic carbocycles. The molecule has 120 valence electrons. The number of benzene rings is 1. The molecular weight excluding hydrogens is 317 g/mol. The normalized spacial score (nSPS) is 13.9. The Labute approximate surface area is 139 Å². The third kappa shape index (κ3) is 3.50. The predicted octanol–water partition coefficient (Wildman–Crippen LogP) is 3.69. The van der Waals surface area contributed by atoms with Gasteiger partial charge >= 0.3 is 0 Å². The number of aryl methyl sites for hydroxylation is 2. The van der Waals surface area contributed by atoms with Crippen molar-refractivity contribution in [2.45, 2.75) is 39.3 Å². The molecule has 0 N–H and O–H groups in total. The van der Waals surface area contributed by atoms with Crippen molar-refractivity contribution in [3.05, 3.63) is 57.9 Å². The van der Waals surface area contributed by atoms with Gasteiger partial charge in [-0.05, 0) is 44.9 Å². The highest BCUT2D eigenvalue weighted by atomic mass is 35.5. The van der Waals surface area contributed by atoms with Crippen molar-refractivity contribution in [3.63, 3.8) is 0 Å². The fourth-order valence-corrected chi connectivity index (χ4v) is 2.80. The molecule has 0 aliphatic heterocycles. The summed E-state index contributed by atoms with van der Waals surface area (Å²) in [6.45, 7) is 3.72. The van der Waals surface area contributed by atoms with Crippen molar-refractivity contribution in [3.8, 4) is 0 Å². The summed E-state index contributed by atoms with van der Waals surface area (Å²) in [6.07, 6.45) is 1.84. The summed E-state index contributed by atoms with van der Waals surface area (Å²) in [7, 11) is 0. The van der Waals surface area contributed by atoms with E-state index in [0.717, 1.165) is 18.5 Å². The van der Waals surface area contributed by atoms with Gasteiger partial charge in [0.15, 0.2) is 0 Å². The fourth-order valence-electron chi connectivity index (χ4n) is 2.58. The fraction of sp³-hybridized carbons (Fsp3) is 0.353. The number of carbonyl (C=O) groups is 1. The van der Waals surface area contributed by atoms with Gasteiger partial charge in [-0.3, -0.25) is 4.79 Å². The standard InChI is InChI=1S/C17H17ClFN3O/c1-10-8-16(21-11(2)20-10)17(23)22(12-6-7-12)9-13-14(18)4-3-5-15(13)19/h3-5,8,12H,6-7,9H2,1-2H3. The van der Waals surface area contributed by atoms with Crippen molar-refractivity contribution in [1.29, 1.82) is 0 Å². The van der Waals surface area contributed by atoms with Crippen LogP contribution in [-0.2, 0) is 6.54 Å². The summed E-state index contributed by atoms with van der Waals surface area (Å²) >= 11 is 6.10. The molecule has 6 heteroatoms. The van der Waals surface area contributed by atoms with Gasteiger partial charge in [-0.2, -0.15) is 0 Å². The quantitative estimate of drug-likeness (QED) is 0.857. The molecule has 4 nitrogen and oxygen atoms in total. The third-order valence-corrected chi connectivity index (χ3v) is 4.18. The van der Waals surface area contributed by atoms with Gasteiger partial charge in [0.05, 0.1) is 6.54 Å². The number of amides is 1. The van der Waals surface area contributed by atoms with E-state index in [1.165, 1.54) is 6.07 Å². The van der Waals surface area contributed by atoms with E-state index in [1.54, 1.807) is 30.0 Å². The number of aromatic nitrogens is 2. The average molecular weight is 334 g/mol. The number of carbonyl (C=O) groups excluding carboxylic acids is 1. The smallest absolute Gasteiger partial charge is 0.273 e. The second kappa shape index (κ2) is 6.24. The van der Waals surface area contributed by atoms with Crippen LogP contribution < -0.4 is 0 Å². The molecule has 0 atom stereocenters. The summed E-state index contributed by atoms with van der Waals surface area (Å²) in [6, 6.07) is 6.33. The number of halogens is 2. The Kier molecular flexibility index (Phi) is 4.31. The lowest BCUT2D eigenvalue weighted by atomic mass is 10.1. The Balaban J connectivity index is 1.91. The van der Waals surface area contributed by atoms with Crippen LogP contribution in [0.1, 0.15) is 40.4 Å². The van der Waals surface area contributed by atoms with Crippen molar-refractivity contribution < 1.29 is 9.18 Å². The molecule has 1 aromatic heterocycles. The maximum atomic E-state index is 14.0. The highest BCUT2D eigenvalue weighted by Crippen LogP contribution is 2.31. The second-order valence-corrected chi connectivity index (χ2v) is 6.21. The largest absolute Gasteiger partial charge is 0.330 e. The van der Waals surface area contributed by atoms with Crippen LogP contribution in [0.25, 0.3) is 0 Å². The molecule has 1 amide bonds. The van der Waals surface area contributed by atoms with Gasteiger partial charge in [0, 0.05) is 22.3 Å². The minimum absolute atomic E-state index is 0.119. The van der Waals surface area contributed by atoms with Gasteiger partial charge in [-0.15, -0.1) is 0 Å². The van der Waals surface area contributed by atoms with E-state index in [2.05, 4.69) is 9.97 Å². The molecule has 0 radical (unpaired) electrons. The third-order valence-electron chi connectivity index (χ3n) is 3.82. The Morgan fingerprint density at radius 1 is 1.35 bits per heavy atom. The van der Waals surface area contributed by atoms with Gasteiger partial charge in [-0.25, -0.2) is 14.4 Å². The average Bonchev–Trinajstić information content (AvgIpc) is 3.30. The first-order valence-electron chi connectivity index (χ1n) is 7.52. The Morgan fingerprint density at radius 3 is 2.70 bits per heavy atom. The number of hydrogen-bond donors (Lipinski definition) is 0. The van der Waals surface area contributed by atoms with Crippen LogP contribution in [0.15, 0.2) is 24.3 Å². The molecular formula is C17H17ClFN3O. The van der Waals surface area contributed by atoms with Gasteiger partial charge in [0.1, 0.15) is 17.3 Å². The Hall–Kier alpha value is -2.01. The van der Waals surface area contributed by atoms with Crippen molar-refractivity contribution in [2.75, 3.05) is 0 Å². The molecule has 1 aromatic carbocycles. The SMILES string of the molecule is Cc1cc(C(=O)N(Cc2c(F)cccc2Cl)C2CC2)nc(C)n1. The van der Waals surface area contributed by atoms with E-state index in [-0.39, 0.29) is 18.5 Å². The summed E-state index contributed by atoms with van der Waals surface area (Å²) in [4.78, 5) is 22.9. The molecule has 0 saturated heterocycles. The van der Waals surface area contributed by atoms with E-state index in [1.807, 2.05) is 6.92 Å². The minimum Gasteiger partial charge on any atom is -0.330 e. The van der Waals surface area contributed by atoms with Crippen LogP contribution in [-0.4, -0.2) is 26.8 Å². The van der Waals surface area contributed by atoms with Crippen LogP contribution in [0.2, 0.25) is 5.02 Å². The molecule has 0 spiro atoms. The second-order valence-electron chi connectivity index (χ2n) is 5.81. The summed E-state index contributed by atoms with van der Waals surface area (Å²) in [5, 5.41) is 0.332. The molecule has 0 unspecified atom stereocenters. The monoisotopic (exact) mass is 333 g/mol. The number of nitrogens with zero attached hydrogens (tertiary/aromatic N) is 3. The van der Waals surface area contributed by atoms with Crippen LogP contribution in [0.5, 0.6) is 0 Å². The number of rotatable bonds is 4.